The molecule has 5 heteroatoms. The lowest BCUT2D eigenvalue weighted by Gasteiger charge is -2.29. The third-order valence-electron chi connectivity index (χ3n) is 13.1. The van der Waals surface area contributed by atoms with Crippen LogP contribution in [0.25, 0.3) is 38.8 Å². The van der Waals surface area contributed by atoms with Gasteiger partial charge in [-0.05, 0) is 110 Å². The number of rotatable bonds is 8. The summed E-state index contributed by atoms with van der Waals surface area (Å²) < 4.78 is 9.30. The van der Waals surface area contributed by atoms with E-state index in [-0.39, 0.29) is 21.7 Å². The molecule has 3 heterocycles. The molecule has 0 atom stereocenters. The van der Waals surface area contributed by atoms with Crippen LogP contribution in [-0.4, -0.2) is 16.2 Å². The molecule has 5 nitrogen and oxygen atoms in total. The Morgan fingerprint density at radius 1 is 0.438 bits per heavy atom. The van der Waals surface area contributed by atoms with Gasteiger partial charge >= 0.3 is 0 Å². The van der Waals surface area contributed by atoms with Crippen LogP contribution in [0.5, 0.6) is 11.5 Å². The maximum Gasteiger partial charge on any atom is 0.137 e. The molecular formula is C59H62N4O. The number of anilines is 2. The Labute approximate surface area is 380 Å². The van der Waals surface area contributed by atoms with E-state index in [2.05, 4.69) is 249 Å². The molecule has 9 rings (SSSR count). The molecule has 0 amide bonds. The van der Waals surface area contributed by atoms with Crippen LogP contribution in [0.15, 0.2) is 164 Å². The van der Waals surface area contributed by atoms with Crippen molar-refractivity contribution < 1.29 is 4.74 Å². The van der Waals surface area contributed by atoms with Crippen LogP contribution >= 0.6 is 0 Å². The van der Waals surface area contributed by atoms with Crippen molar-refractivity contribution in [1.29, 1.82) is 0 Å². The van der Waals surface area contributed by atoms with Gasteiger partial charge in [0.2, 0.25) is 0 Å². The molecule has 8 aromatic rings. The van der Waals surface area contributed by atoms with E-state index in [0.717, 1.165) is 50.6 Å². The lowest BCUT2D eigenvalue weighted by atomic mass is 9.78. The lowest BCUT2D eigenvalue weighted by Crippen LogP contribution is -2.26. The number of nitrogens with zero attached hydrogens (tertiary/aromatic N) is 4. The summed E-state index contributed by atoms with van der Waals surface area (Å²) in [7, 11) is 0. The molecule has 0 aliphatic carbocycles. The molecule has 0 unspecified atom stereocenters. The van der Waals surface area contributed by atoms with Gasteiger partial charge in [0.15, 0.2) is 0 Å². The summed E-state index contributed by atoms with van der Waals surface area (Å²) in [5.74, 6) is 2.42. The monoisotopic (exact) mass is 842 g/mol. The van der Waals surface area contributed by atoms with E-state index in [9.17, 15) is 0 Å². The first-order valence-electron chi connectivity index (χ1n) is 22.7. The van der Waals surface area contributed by atoms with Gasteiger partial charge in [-0.2, -0.15) is 0 Å². The number of aromatic nitrogens is 2. The SMILES string of the molecule is CC(C)(C)c1cc(N2C=CN(c3cc(Oc4ccc5c6ccc(C(C)(C)c7ccccc7)cc6n(-c6cc(C(C)(C)C)ccn6)c5c4)cc(-c4ccccc4)c3)C2)cc(C(C)(C)C)c1. The Balaban J connectivity index is 1.13. The Morgan fingerprint density at radius 3 is 1.64 bits per heavy atom. The molecule has 0 saturated heterocycles. The highest BCUT2D eigenvalue weighted by Gasteiger charge is 2.27. The van der Waals surface area contributed by atoms with E-state index in [4.69, 9.17) is 9.72 Å². The van der Waals surface area contributed by atoms with E-state index in [1.165, 1.54) is 38.9 Å². The van der Waals surface area contributed by atoms with E-state index in [1.807, 2.05) is 6.20 Å². The lowest BCUT2D eigenvalue weighted by molar-refractivity contribution is 0.483. The van der Waals surface area contributed by atoms with Gasteiger partial charge in [-0.3, -0.25) is 4.57 Å². The maximum atomic E-state index is 6.97. The van der Waals surface area contributed by atoms with Gasteiger partial charge in [0.05, 0.1) is 17.7 Å². The molecule has 1 aliphatic heterocycles. The van der Waals surface area contributed by atoms with Crippen molar-refractivity contribution >= 4 is 33.2 Å². The highest BCUT2D eigenvalue weighted by Crippen LogP contribution is 2.42. The molecule has 0 bridgehead atoms. The summed E-state index contributed by atoms with van der Waals surface area (Å²) in [5, 5.41) is 2.33. The van der Waals surface area contributed by atoms with Gasteiger partial charge in [0.1, 0.15) is 17.3 Å². The zero-order valence-corrected chi connectivity index (χ0v) is 39.5. The van der Waals surface area contributed by atoms with Gasteiger partial charge in [-0.15, -0.1) is 0 Å². The van der Waals surface area contributed by atoms with E-state index in [1.54, 1.807) is 0 Å². The largest absolute Gasteiger partial charge is 0.457 e. The van der Waals surface area contributed by atoms with Gasteiger partial charge in [-0.1, -0.05) is 155 Å². The topological polar surface area (TPSA) is 33.5 Å². The molecular weight excluding hydrogens is 781 g/mol. The third-order valence-corrected chi connectivity index (χ3v) is 13.1. The molecule has 64 heavy (non-hydrogen) atoms. The molecule has 324 valence electrons. The summed E-state index contributed by atoms with van der Waals surface area (Å²) >= 11 is 0. The third kappa shape index (κ3) is 8.32. The first-order valence-corrected chi connectivity index (χ1v) is 22.7. The van der Waals surface area contributed by atoms with Crippen LogP contribution in [-0.2, 0) is 21.7 Å². The van der Waals surface area contributed by atoms with Gasteiger partial charge in [0.25, 0.3) is 0 Å². The summed E-state index contributed by atoms with van der Waals surface area (Å²) in [6.07, 6.45) is 6.33. The average molecular weight is 843 g/mol. The standard InChI is InChI=1S/C59H62N4O/c1-56(2,3)43-26-27-60-55(36-43)63-53-35-44(59(10,11)42-20-16-13-17-21-42)22-24-51(53)52-25-23-49(38-54(52)63)64-50-31-41(40-18-14-12-15-19-40)30-47(37-50)61-28-29-62(39-61)48-33-45(57(4,5)6)32-46(34-48)58(7,8)9/h12-38H,39H2,1-11H3. The van der Waals surface area contributed by atoms with Crippen LogP contribution < -0.4 is 14.5 Å². The van der Waals surface area contributed by atoms with Crippen LogP contribution in [0.1, 0.15) is 104 Å². The highest BCUT2D eigenvalue weighted by molar-refractivity contribution is 6.09. The molecule has 0 N–H and O–H groups in total. The second-order valence-corrected chi connectivity index (χ2v) is 21.2. The van der Waals surface area contributed by atoms with Crippen molar-refractivity contribution in [3.05, 3.63) is 192 Å². The summed E-state index contributed by atoms with van der Waals surface area (Å²) in [5.41, 5.74) is 12.9. The Bertz CT molecular complexity index is 2990. The van der Waals surface area contributed by atoms with Crippen molar-refractivity contribution in [2.75, 3.05) is 16.5 Å². The fourth-order valence-corrected chi connectivity index (χ4v) is 8.87. The smallest absolute Gasteiger partial charge is 0.137 e. The number of benzene rings is 6. The predicted molar refractivity (Wildman–Crippen MR) is 271 cm³/mol. The fraction of sp³-hybridized carbons (Fsp3) is 0.271. The summed E-state index contributed by atoms with van der Waals surface area (Å²) in [6.45, 7) is 25.8. The first kappa shape index (κ1) is 42.7. The fourth-order valence-electron chi connectivity index (χ4n) is 8.87. The van der Waals surface area contributed by atoms with Crippen LogP contribution in [0.3, 0.4) is 0 Å². The molecule has 1 aliphatic rings. The number of hydrogen-bond donors (Lipinski definition) is 0. The van der Waals surface area contributed by atoms with E-state index >= 15 is 0 Å². The van der Waals surface area contributed by atoms with E-state index < -0.39 is 0 Å². The minimum atomic E-state index is -0.208. The Morgan fingerprint density at radius 2 is 1.02 bits per heavy atom. The number of hydrogen-bond acceptors (Lipinski definition) is 4. The van der Waals surface area contributed by atoms with Gasteiger partial charge in [-0.25, -0.2) is 4.98 Å². The zero-order valence-electron chi connectivity index (χ0n) is 39.5. The second-order valence-electron chi connectivity index (χ2n) is 21.2. The Kier molecular flexibility index (Phi) is 10.6. The summed E-state index contributed by atoms with van der Waals surface area (Å²) in [6, 6.07) is 52.9. The molecule has 0 radical (unpaired) electrons. The maximum absolute atomic E-state index is 6.97. The highest BCUT2D eigenvalue weighted by atomic mass is 16.5. The molecule has 6 aromatic carbocycles. The van der Waals surface area contributed by atoms with Crippen molar-refractivity contribution in [2.24, 2.45) is 0 Å². The number of ether oxygens (including phenoxy) is 1. The quantitative estimate of drug-likeness (QED) is 0.153. The minimum Gasteiger partial charge on any atom is -0.457 e. The van der Waals surface area contributed by atoms with Crippen LogP contribution in [0.4, 0.5) is 11.4 Å². The molecule has 0 saturated carbocycles. The predicted octanol–water partition coefficient (Wildman–Crippen LogP) is 15.6. The molecule has 2 aromatic heterocycles. The van der Waals surface area contributed by atoms with Gasteiger partial charge in [0, 0.05) is 58.3 Å². The Hall–Kier alpha value is -6.59. The van der Waals surface area contributed by atoms with Gasteiger partial charge < -0.3 is 14.5 Å². The normalized spacial score (nSPS) is 13.7. The van der Waals surface area contributed by atoms with Crippen molar-refractivity contribution in [2.45, 2.75) is 97.8 Å². The average Bonchev–Trinajstić information content (AvgIpc) is 3.89. The van der Waals surface area contributed by atoms with Crippen molar-refractivity contribution in [3.63, 3.8) is 0 Å². The first-order chi connectivity index (χ1) is 30.3. The summed E-state index contributed by atoms with van der Waals surface area (Å²) in [4.78, 5) is 9.69. The van der Waals surface area contributed by atoms with Crippen LogP contribution in [0.2, 0.25) is 0 Å². The minimum absolute atomic E-state index is 0.0297. The van der Waals surface area contributed by atoms with Crippen LogP contribution in [0, 0.1) is 0 Å². The van der Waals surface area contributed by atoms with Crippen molar-refractivity contribution in [3.8, 4) is 28.4 Å². The second kappa shape index (κ2) is 15.9. The van der Waals surface area contributed by atoms with E-state index in [0.29, 0.717) is 6.67 Å². The zero-order chi connectivity index (χ0) is 45.2. The molecule has 0 fully saturated rings. The number of pyridine rings is 1. The number of fused-ring (bicyclic) bond motifs is 3. The van der Waals surface area contributed by atoms with Crippen molar-refractivity contribution in [1.82, 2.24) is 9.55 Å². The molecule has 0 spiro atoms.